The molecule has 2 heterocycles. The molecule has 1 N–H and O–H groups in total. The molecule has 0 amide bonds. The summed E-state index contributed by atoms with van der Waals surface area (Å²) in [6.07, 6.45) is 1.79. The normalized spacial score (nSPS) is 18.9. The van der Waals surface area contributed by atoms with Crippen molar-refractivity contribution >= 4 is 18.5 Å². The molecule has 0 saturated heterocycles. The van der Waals surface area contributed by atoms with Gasteiger partial charge in [-0.3, -0.25) is 0 Å². The zero-order valence-corrected chi connectivity index (χ0v) is 9.14. The van der Waals surface area contributed by atoms with Crippen molar-refractivity contribution in [3.05, 3.63) is 11.4 Å². The average molecular weight is 207 g/mol. The summed E-state index contributed by atoms with van der Waals surface area (Å²) in [4.78, 5) is 4.99. The molecule has 1 aliphatic rings. The summed E-state index contributed by atoms with van der Waals surface area (Å²) in [5, 5.41) is 15.6. The maximum atomic E-state index is 9.93. The zero-order valence-electron chi connectivity index (χ0n) is 9.14. The van der Waals surface area contributed by atoms with Gasteiger partial charge in [-0.05, 0) is 0 Å². The van der Waals surface area contributed by atoms with Crippen LogP contribution in [-0.4, -0.2) is 40.1 Å². The zero-order chi connectivity index (χ0) is 11.0. The number of hydrogen-bond donors (Lipinski definition) is 1. The number of nitrogens with zero attached hydrogens (tertiary/aromatic N) is 3. The molecule has 0 radical (unpaired) electrons. The van der Waals surface area contributed by atoms with E-state index in [0.717, 1.165) is 17.6 Å². The van der Waals surface area contributed by atoms with Crippen LogP contribution in [0.1, 0.15) is 24.5 Å². The third-order valence-electron chi connectivity index (χ3n) is 2.65. The van der Waals surface area contributed by atoms with E-state index < -0.39 is 6.23 Å². The molecule has 15 heavy (non-hydrogen) atoms. The second kappa shape index (κ2) is 3.79. The first kappa shape index (κ1) is 10.4. The number of rotatable bonds is 2. The van der Waals surface area contributed by atoms with Gasteiger partial charge in [0.25, 0.3) is 0 Å². The van der Waals surface area contributed by atoms with Gasteiger partial charge in [-0.1, -0.05) is 0 Å². The van der Waals surface area contributed by atoms with Gasteiger partial charge in [-0.2, -0.15) is 0 Å². The van der Waals surface area contributed by atoms with Gasteiger partial charge in [0.2, 0.25) is 0 Å². The van der Waals surface area contributed by atoms with Crippen LogP contribution in [0.3, 0.4) is 0 Å². The average Bonchev–Trinajstić information content (AvgIpc) is 2.56. The Balaban J connectivity index is 2.48. The third kappa shape index (κ3) is 1.50. The Bertz CT molecular complexity index is 402. The SMILES string of the molecule is CCc1c2c(nn1C)C(O)N(OC)C=B2. The number of hydrogen-bond acceptors (Lipinski definition) is 4. The van der Waals surface area contributed by atoms with Gasteiger partial charge in [-0.25, -0.2) is 0 Å². The topological polar surface area (TPSA) is 50.5 Å². The molecule has 0 aromatic carbocycles. The van der Waals surface area contributed by atoms with Crippen molar-refractivity contribution in [3.8, 4) is 0 Å². The minimum atomic E-state index is -0.818. The predicted molar refractivity (Wildman–Crippen MR) is 57.8 cm³/mol. The first-order valence-corrected chi connectivity index (χ1v) is 4.93. The quantitative estimate of drug-likeness (QED) is 0.628. The molecule has 1 aromatic rings. The van der Waals surface area contributed by atoms with Crippen molar-refractivity contribution in [2.45, 2.75) is 19.6 Å². The van der Waals surface area contributed by atoms with Crippen molar-refractivity contribution in [1.29, 1.82) is 0 Å². The van der Waals surface area contributed by atoms with Gasteiger partial charge in [0.15, 0.2) is 0 Å². The fraction of sp³-hybridized carbons (Fsp3) is 0.556. The van der Waals surface area contributed by atoms with Gasteiger partial charge in [-0.15, -0.1) is 0 Å². The van der Waals surface area contributed by atoms with E-state index in [1.165, 1.54) is 12.2 Å². The molecule has 6 heteroatoms. The minimum absolute atomic E-state index is 0.652. The van der Waals surface area contributed by atoms with E-state index in [0.29, 0.717) is 5.69 Å². The van der Waals surface area contributed by atoms with Crippen molar-refractivity contribution < 1.29 is 9.94 Å². The summed E-state index contributed by atoms with van der Waals surface area (Å²) in [5.41, 5.74) is 2.77. The molecular formula is C9H14BN3O2. The van der Waals surface area contributed by atoms with Gasteiger partial charge in [0, 0.05) is 0 Å². The van der Waals surface area contributed by atoms with E-state index in [1.54, 1.807) is 10.8 Å². The van der Waals surface area contributed by atoms with Crippen LogP contribution < -0.4 is 5.46 Å². The first-order valence-electron chi connectivity index (χ1n) is 4.93. The summed E-state index contributed by atoms with van der Waals surface area (Å²) in [5.74, 6) is 0. The molecule has 2 rings (SSSR count). The van der Waals surface area contributed by atoms with Crippen molar-refractivity contribution in [1.82, 2.24) is 14.8 Å². The second-order valence-corrected chi connectivity index (χ2v) is 3.45. The van der Waals surface area contributed by atoms with E-state index in [1.807, 2.05) is 14.0 Å². The predicted octanol–water partition coefficient (Wildman–Crippen LogP) is -1.06. The summed E-state index contributed by atoms with van der Waals surface area (Å²) < 4.78 is 1.80. The van der Waals surface area contributed by atoms with E-state index in [-0.39, 0.29) is 0 Å². The number of aliphatic hydroxyl groups is 1. The Hall–Kier alpha value is -1.14. The Morgan fingerprint density at radius 1 is 1.67 bits per heavy atom. The van der Waals surface area contributed by atoms with Crippen molar-refractivity contribution in [3.63, 3.8) is 0 Å². The molecule has 0 bridgehead atoms. The molecular weight excluding hydrogens is 193 g/mol. The molecule has 1 aliphatic heterocycles. The summed E-state index contributed by atoms with van der Waals surface area (Å²) in [7, 11) is 3.40. The van der Waals surface area contributed by atoms with Gasteiger partial charge in [0.05, 0.1) is 0 Å². The van der Waals surface area contributed by atoms with Crippen LogP contribution in [0.4, 0.5) is 0 Å². The fourth-order valence-corrected chi connectivity index (χ4v) is 1.90. The van der Waals surface area contributed by atoms with Crippen LogP contribution in [-0.2, 0) is 18.3 Å². The molecule has 1 atom stereocenters. The Morgan fingerprint density at radius 2 is 2.40 bits per heavy atom. The maximum absolute atomic E-state index is 9.93. The van der Waals surface area contributed by atoms with E-state index in [2.05, 4.69) is 12.0 Å². The van der Waals surface area contributed by atoms with Gasteiger partial charge < -0.3 is 0 Å². The van der Waals surface area contributed by atoms with Crippen molar-refractivity contribution in [2.75, 3.05) is 7.11 Å². The molecule has 5 nitrogen and oxygen atoms in total. The Morgan fingerprint density at radius 3 is 3.00 bits per heavy atom. The Labute approximate surface area is 89.1 Å². The third-order valence-corrected chi connectivity index (χ3v) is 2.65. The van der Waals surface area contributed by atoms with Crippen LogP contribution in [0.5, 0.6) is 0 Å². The molecule has 0 fully saturated rings. The number of aromatic nitrogens is 2. The second-order valence-electron chi connectivity index (χ2n) is 3.45. The standard InChI is InChI=1S/C9H14BN3O2/c1-4-6-7-8(11-12(6)2)9(14)13(15-3)5-10-7/h5,9,14H,4H2,1-3H3. The van der Waals surface area contributed by atoms with Crippen LogP contribution in [0.2, 0.25) is 0 Å². The molecule has 0 spiro atoms. The molecule has 0 aliphatic carbocycles. The van der Waals surface area contributed by atoms with E-state index in [9.17, 15) is 5.11 Å². The summed E-state index contributed by atoms with van der Waals surface area (Å²) >= 11 is 0. The first-order chi connectivity index (χ1) is 7.19. The number of aryl methyl sites for hydroxylation is 1. The van der Waals surface area contributed by atoms with Crippen LogP contribution in [0.15, 0.2) is 0 Å². The fourth-order valence-electron chi connectivity index (χ4n) is 1.90. The molecule has 1 unspecified atom stereocenters. The summed E-state index contributed by atoms with van der Waals surface area (Å²) in [6.45, 7) is 3.98. The van der Waals surface area contributed by atoms with Crippen LogP contribution in [0, 0.1) is 0 Å². The molecule has 80 valence electrons. The number of hydroxylamine groups is 2. The van der Waals surface area contributed by atoms with Crippen LogP contribution >= 0.6 is 0 Å². The monoisotopic (exact) mass is 207 g/mol. The van der Waals surface area contributed by atoms with Gasteiger partial charge >= 0.3 is 88.4 Å². The Kier molecular flexibility index (Phi) is 2.62. The number of aliphatic hydroxyl groups excluding tert-OH is 1. The van der Waals surface area contributed by atoms with E-state index >= 15 is 0 Å². The van der Waals surface area contributed by atoms with Crippen LogP contribution in [0.25, 0.3) is 0 Å². The summed E-state index contributed by atoms with van der Waals surface area (Å²) in [6, 6.07) is 0. The molecule has 0 saturated carbocycles. The molecule has 1 aromatic heterocycles. The van der Waals surface area contributed by atoms with Crippen molar-refractivity contribution in [2.24, 2.45) is 7.05 Å². The van der Waals surface area contributed by atoms with E-state index in [4.69, 9.17) is 4.84 Å². The van der Waals surface area contributed by atoms with Gasteiger partial charge in [0.1, 0.15) is 0 Å². The number of fused-ring (bicyclic) bond motifs is 1.